The molecule has 2 aromatic carbocycles. The van der Waals surface area contributed by atoms with E-state index in [4.69, 9.17) is 4.74 Å². The maximum Gasteiger partial charge on any atom is 0.265 e. The van der Waals surface area contributed by atoms with Gasteiger partial charge in [-0.3, -0.25) is 9.59 Å². The van der Waals surface area contributed by atoms with Crippen molar-refractivity contribution in [3.63, 3.8) is 0 Å². The normalized spacial score (nSPS) is 13.2. The third kappa shape index (κ3) is 3.42. The fourth-order valence-corrected chi connectivity index (χ4v) is 2.38. The first kappa shape index (κ1) is 14.9. The Morgan fingerprint density at radius 1 is 1.17 bits per heavy atom. The SMILES string of the molecule is O=C(CCN1C(=O)COc2ccccc21)Nc1ccc(O)cc1. The number of benzene rings is 2. The molecule has 118 valence electrons. The molecule has 0 saturated carbocycles. The largest absolute Gasteiger partial charge is 0.508 e. The molecule has 0 saturated heterocycles. The molecule has 0 bridgehead atoms. The summed E-state index contributed by atoms with van der Waals surface area (Å²) in [5.41, 5.74) is 1.28. The van der Waals surface area contributed by atoms with Gasteiger partial charge in [-0.15, -0.1) is 0 Å². The van der Waals surface area contributed by atoms with Crippen LogP contribution < -0.4 is 15.0 Å². The molecule has 6 heteroatoms. The van der Waals surface area contributed by atoms with Crippen LogP contribution in [0.5, 0.6) is 11.5 Å². The predicted octanol–water partition coefficient (Wildman–Crippen LogP) is 2.15. The van der Waals surface area contributed by atoms with Crippen LogP contribution in [-0.2, 0) is 9.59 Å². The number of anilines is 2. The second-order valence-electron chi connectivity index (χ2n) is 5.15. The van der Waals surface area contributed by atoms with Gasteiger partial charge in [0.15, 0.2) is 6.61 Å². The summed E-state index contributed by atoms with van der Waals surface area (Å²) >= 11 is 0. The van der Waals surface area contributed by atoms with Crippen molar-refractivity contribution >= 4 is 23.2 Å². The summed E-state index contributed by atoms with van der Waals surface area (Å²) in [7, 11) is 0. The van der Waals surface area contributed by atoms with Crippen LogP contribution in [0.3, 0.4) is 0 Å². The van der Waals surface area contributed by atoms with Crippen molar-refractivity contribution in [2.75, 3.05) is 23.4 Å². The van der Waals surface area contributed by atoms with Crippen molar-refractivity contribution in [2.45, 2.75) is 6.42 Å². The van der Waals surface area contributed by atoms with Crippen molar-refractivity contribution in [3.05, 3.63) is 48.5 Å². The lowest BCUT2D eigenvalue weighted by molar-refractivity contribution is -0.121. The van der Waals surface area contributed by atoms with E-state index in [0.717, 1.165) is 0 Å². The Labute approximate surface area is 133 Å². The quantitative estimate of drug-likeness (QED) is 0.848. The molecule has 0 radical (unpaired) electrons. The highest BCUT2D eigenvalue weighted by Crippen LogP contribution is 2.31. The highest BCUT2D eigenvalue weighted by molar-refractivity contribution is 5.99. The summed E-state index contributed by atoms with van der Waals surface area (Å²) in [5.74, 6) is 0.415. The molecule has 1 heterocycles. The second kappa shape index (κ2) is 6.39. The molecule has 0 aliphatic carbocycles. The third-order valence-corrected chi connectivity index (χ3v) is 3.52. The molecule has 2 N–H and O–H groups in total. The number of aromatic hydroxyl groups is 1. The van der Waals surface area contributed by atoms with E-state index >= 15 is 0 Å². The molecule has 2 amide bonds. The molecule has 1 aliphatic rings. The Morgan fingerprint density at radius 2 is 1.91 bits per heavy atom. The van der Waals surface area contributed by atoms with Crippen molar-refractivity contribution in [3.8, 4) is 11.5 Å². The summed E-state index contributed by atoms with van der Waals surface area (Å²) in [6, 6.07) is 13.5. The Bertz CT molecular complexity index is 728. The zero-order valence-corrected chi connectivity index (χ0v) is 12.4. The molecule has 1 aliphatic heterocycles. The van der Waals surface area contributed by atoms with Gasteiger partial charge < -0.3 is 20.1 Å². The number of para-hydroxylation sites is 2. The number of carbonyl (C=O) groups excluding carboxylic acids is 2. The summed E-state index contributed by atoms with van der Waals surface area (Å²) < 4.78 is 5.36. The highest BCUT2D eigenvalue weighted by atomic mass is 16.5. The number of carbonyl (C=O) groups is 2. The minimum atomic E-state index is -0.201. The van der Waals surface area contributed by atoms with E-state index < -0.39 is 0 Å². The smallest absolute Gasteiger partial charge is 0.265 e. The zero-order chi connectivity index (χ0) is 16.2. The molecule has 0 aromatic heterocycles. The predicted molar refractivity (Wildman–Crippen MR) is 85.6 cm³/mol. The van der Waals surface area contributed by atoms with Crippen LogP contribution in [-0.4, -0.2) is 30.1 Å². The van der Waals surface area contributed by atoms with E-state index in [1.54, 1.807) is 29.2 Å². The number of nitrogens with zero attached hydrogens (tertiary/aromatic N) is 1. The number of rotatable bonds is 4. The van der Waals surface area contributed by atoms with Crippen LogP contribution >= 0.6 is 0 Å². The molecule has 0 atom stereocenters. The average molecular weight is 312 g/mol. The lowest BCUT2D eigenvalue weighted by Gasteiger charge is -2.29. The molecule has 0 fully saturated rings. The van der Waals surface area contributed by atoms with Gasteiger partial charge in [-0.2, -0.15) is 0 Å². The van der Waals surface area contributed by atoms with Gasteiger partial charge in [0, 0.05) is 18.7 Å². The zero-order valence-electron chi connectivity index (χ0n) is 12.4. The number of fused-ring (bicyclic) bond motifs is 1. The van der Waals surface area contributed by atoms with Crippen molar-refractivity contribution in [2.24, 2.45) is 0 Å². The molecule has 3 rings (SSSR count). The minimum Gasteiger partial charge on any atom is -0.508 e. The number of phenols is 1. The first-order valence-corrected chi connectivity index (χ1v) is 7.24. The Morgan fingerprint density at radius 3 is 2.70 bits per heavy atom. The summed E-state index contributed by atoms with van der Waals surface area (Å²) in [4.78, 5) is 25.6. The van der Waals surface area contributed by atoms with Crippen LogP contribution in [0.15, 0.2) is 48.5 Å². The Balaban J connectivity index is 1.62. The first-order chi connectivity index (χ1) is 11.1. The van der Waals surface area contributed by atoms with E-state index in [0.29, 0.717) is 17.1 Å². The van der Waals surface area contributed by atoms with Crippen LogP contribution in [0, 0.1) is 0 Å². The minimum absolute atomic E-state index is 0.0173. The molecule has 2 aromatic rings. The van der Waals surface area contributed by atoms with Gasteiger partial charge >= 0.3 is 0 Å². The third-order valence-electron chi connectivity index (χ3n) is 3.52. The molecular weight excluding hydrogens is 296 g/mol. The van der Waals surface area contributed by atoms with Crippen molar-refractivity contribution in [1.82, 2.24) is 0 Å². The fourth-order valence-electron chi connectivity index (χ4n) is 2.38. The number of ether oxygens (including phenoxy) is 1. The summed E-state index contributed by atoms with van der Waals surface area (Å²) in [5, 5.41) is 11.9. The van der Waals surface area contributed by atoms with E-state index in [1.165, 1.54) is 12.1 Å². The molecular formula is C17H16N2O4. The van der Waals surface area contributed by atoms with Crippen LogP contribution in [0.4, 0.5) is 11.4 Å². The summed E-state index contributed by atoms with van der Waals surface area (Å²) in [6.45, 7) is 0.264. The average Bonchev–Trinajstić information content (AvgIpc) is 2.56. The lowest BCUT2D eigenvalue weighted by Crippen LogP contribution is -2.40. The summed E-state index contributed by atoms with van der Waals surface area (Å²) in [6.07, 6.45) is 0.168. The number of nitrogens with one attached hydrogen (secondary N) is 1. The Hall–Kier alpha value is -3.02. The van der Waals surface area contributed by atoms with E-state index in [2.05, 4.69) is 5.32 Å². The molecule has 6 nitrogen and oxygen atoms in total. The number of phenolic OH excluding ortho intramolecular Hbond substituents is 1. The maximum atomic E-state index is 12.0. The van der Waals surface area contributed by atoms with Crippen LogP contribution in [0.1, 0.15) is 6.42 Å². The molecule has 0 spiro atoms. The van der Waals surface area contributed by atoms with Gasteiger partial charge in [-0.25, -0.2) is 0 Å². The molecule has 23 heavy (non-hydrogen) atoms. The number of amides is 2. The van der Waals surface area contributed by atoms with Crippen LogP contribution in [0.2, 0.25) is 0 Å². The van der Waals surface area contributed by atoms with Gasteiger partial charge in [-0.1, -0.05) is 12.1 Å². The standard InChI is InChI=1S/C17H16N2O4/c20-13-7-5-12(6-8-13)18-16(21)9-10-19-14-3-1-2-4-15(14)23-11-17(19)22/h1-8,20H,9-11H2,(H,18,21). The van der Waals surface area contributed by atoms with E-state index in [1.807, 2.05) is 12.1 Å². The fraction of sp³-hybridized carbons (Fsp3) is 0.176. The van der Waals surface area contributed by atoms with Crippen LogP contribution in [0.25, 0.3) is 0 Å². The van der Waals surface area contributed by atoms with Gasteiger partial charge in [-0.05, 0) is 36.4 Å². The van der Waals surface area contributed by atoms with Gasteiger partial charge in [0.2, 0.25) is 5.91 Å². The van der Waals surface area contributed by atoms with Crippen molar-refractivity contribution in [1.29, 1.82) is 0 Å². The number of hydrogen-bond acceptors (Lipinski definition) is 4. The van der Waals surface area contributed by atoms with Crippen molar-refractivity contribution < 1.29 is 19.4 Å². The van der Waals surface area contributed by atoms with Gasteiger partial charge in [0.25, 0.3) is 5.91 Å². The maximum absolute atomic E-state index is 12.0. The Kier molecular flexibility index (Phi) is 4.14. The topological polar surface area (TPSA) is 78.9 Å². The first-order valence-electron chi connectivity index (χ1n) is 7.24. The lowest BCUT2D eigenvalue weighted by atomic mass is 10.2. The molecule has 0 unspecified atom stereocenters. The van der Waals surface area contributed by atoms with E-state index in [9.17, 15) is 14.7 Å². The van der Waals surface area contributed by atoms with Gasteiger partial charge in [0.1, 0.15) is 11.5 Å². The van der Waals surface area contributed by atoms with Gasteiger partial charge in [0.05, 0.1) is 5.69 Å². The second-order valence-corrected chi connectivity index (χ2v) is 5.15. The monoisotopic (exact) mass is 312 g/mol. The number of hydrogen-bond donors (Lipinski definition) is 2. The van der Waals surface area contributed by atoms with E-state index in [-0.39, 0.29) is 37.1 Å². The highest BCUT2D eigenvalue weighted by Gasteiger charge is 2.25.